The largest absolute Gasteiger partial charge is 0.479 e. The number of carbonyl (C=O) groups is 3. The molecule has 7 heteroatoms. The predicted octanol–water partition coefficient (Wildman–Crippen LogP) is 3.03. The van der Waals surface area contributed by atoms with Crippen LogP contribution < -0.4 is 20.3 Å². The van der Waals surface area contributed by atoms with E-state index in [1.54, 1.807) is 51.1 Å². The molecule has 1 atom stereocenters. The van der Waals surface area contributed by atoms with Crippen LogP contribution in [0.2, 0.25) is 0 Å². The van der Waals surface area contributed by atoms with Crippen LogP contribution in [-0.4, -0.2) is 30.4 Å². The van der Waals surface area contributed by atoms with Crippen molar-refractivity contribution in [3.63, 3.8) is 0 Å². The molecule has 0 aromatic heterocycles. The van der Waals surface area contributed by atoms with Crippen LogP contribution in [-0.2, 0) is 14.4 Å². The number of hydrogen-bond acceptors (Lipinski definition) is 4. The minimum atomic E-state index is -0.701. The van der Waals surface area contributed by atoms with Gasteiger partial charge >= 0.3 is 0 Å². The Kier molecular flexibility index (Phi) is 5.63. The summed E-state index contributed by atoms with van der Waals surface area (Å²) in [5.41, 5.74) is 1.64. The molecule has 1 aliphatic rings. The third kappa shape index (κ3) is 4.31. The van der Waals surface area contributed by atoms with Crippen molar-refractivity contribution in [3.8, 4) is 5.75 Å². The van der Waals surface area contributed by atoms with Gasteiger partial charge < -0.3 is 15.4 Å². The molecule has 1 unspecified atom stereocenters. The molecule has 1 aliphatic heterocycles. The number of benzene rings is 2. The van der Waals surface area contributed by atoms with Crippen LogP contribution in [0.15, 0.2) is 48.5 Å². The summed E-state index contributed by atoms with van der Waals surface area (Å²) in [6, 6.07) is 14.1. The smallest absolute Gasteiger partial charge is 0.268 e. The normalized spacial score (nSPS) is 15.6. The quantitative estimate of drug-likeness (QED) is 0.833. The fourth-order valence-corrected chi connectivity index (χ4v) is 2.80. The van der Waals surface area contributed by atoms with Crippen LogP contribution in [0.4, 0.5) is 17.1 Å². The molecule has 0 fully saturated rings. The van der Waals surface area contributed by atoms with Gasteiger partial charge in [0.1, 0.15) is 12.3 Å². The Labute approximate surface area is 163 Å². The topological polar surface area (TPSA) is 87.7 Å². The Balaban J connectivity index is 1.83. The molecule has 2 aromatic rings. The number of fused-ring (bicyclic) bond motifs is 1. The second-order valence-corrected chi connectivity index (χ2v) is 6.93. The third-order valence-corrected chi connectivity index (χ3v) is 4.32. The molecule has 1 heterocycles. The maximum Gasteiger partial charge on any atom is 0.268 e. The molecule has 146 valence electrons. The lowest BCUT2D eigenvalue weighted by atomic mass is 10.1. The van der Waals surface area contributed by atoms with Crippen molar-refractivity contribution in [1.82, 2.24) is 0 Å². The van der Waals surface area contributed by atoms with E-state index in [4.69, 9.17) is 4.74 Å². The first-order valence-electron chi connectivity index (χ1n) is 9.13. The van der Waals surface area contributed by atoms with Crippen molar-refractivity contribution in [3.05, 3.63) is 48.5 Å². The number of hydrogen-bond donors (Lipinski definition) is 2. The van der Waals surface area contributed by atoms with Gasteiger partial charge in [0, 0.05) is 17.3 Å². The Bertz CT molecular complexity index is 896. The highest BCUT2D eigenvalue weighted by molar-refractivity contribution is 6.06. The number of anilines is 3. The Morgan fingerprint density at radius 3 is 2.46 bits per heavy atom. The summed E-state index contributed by atoms with van der Waals surface area (Å²) in [6.07, 6.45) is -0.701. The van der Waals surface area contributed by atoms with Gasteiger partial charge in [0.15, 0.2) is 6.10 Å². The molecule has 0 spiro atoms. The third-order valence-electron chi connectivity index (χ3n) is 4.32. The van der Waals surface area contributed by atoms with Crippen molar-refractivity contribution < 1.29 is 19.1 Å². The monoisotopic (exact) mass is 381 g/mol. The summed E-state index contributed by atoms with van der Waals surface area (Å²) in [5, 5.41) is 5.57. The van der Waals surface area contributed by atoms with E-state index in [0.29, 0.717) is 22.8 Å². The number of para-hydroxylation sites is 1. The predicted molar refractivity (Wildman–Crippen MR) is 107 cm³/mol. The molecule has 2 aromatic carbocycles. The van der Waals surface area contributed by atoms with Crippen molar-refractivity contribution in [2.45, 2.75) is 26.9 Å². The van der Waals surface area contributed by atoms with Gasteiger partial charge in [0.2, 0.25) is 11.8 Å². The maximum absolute atomic E-state index is 12.7. The molecular formula is C21H23N3O4. The molecule has 7 nitrogen and oxygen atoms in total. The maximum atomic E-state index is 12.7. The SMILES string of the molecule is CC(C)C(=O)Nc1ccc2c(c1)N(CC(=O)Nc1ccccc1)C(=O)C(C)O2. The molecule has 0 saturated heterocycles. The molecule has 2 N–H and O–H groups in total. The van der Waals surface area contributed by atoms with E-state index >= 15 is 0 Å². The molecule has 0 saturated carbocycles. The van der Waals surface area contributed by atoms with Crippen LogP contribution >= 0.6 is 0 Å². The van der Waals surface area contributed by atoms with Crippen molar-refractivity contribution >= 4 is 34.8 Å². The van der Waals surface area contributed by atoms with Gasteiger partial charge in [-0.15, -0.1) is 0 Å². The summed E-state index contributed by atoms with van der Waals surface area (Å²) in [6.45, 7) is 5.07. The minimum Gasteiger partial charge on any atom is -0.479 e. The van der Waals surface area contributed by atoms with Gasteiger partial charge in [-0.2, -0.15) is 0 Å². The fourth-order valence-electron chi connectivity index (χ4n) is 2.80. The average molecular weight is 381 g/mol. The minimum absolute atomic E-state index is 0.134. The van der Waals surface area contributed by atoms with Crippen molar-refractivity contribution in [2.75, 3.05) is 22.1 Å². The lowest BCUT2D eigenvalue weighted by Gasteiger charge is -2.33. The highest BCUT2D eigenvalue weighted by Crippen LogP contribution is 2.36. The molecule has 28 heavy (non-hydrogen) atoms. The van der Waals surface area contributed by atoms with E-state index < -0.39 is 6.10 Å². The molecule has 0 radical (unpaired) electrons. The van der Waals surface area contributed by atoms with E-state index in [-0.39, 0.29) is 30.2 Å². The van der Waals surface area contributed by atoms with Gasteiger partial charge in [-0.05, 0) is 37.3 Å². The van der Waals surface area contributed by atoms with Gasteiger partial charge in [0.25, 0.3) is 5.91 Å². The van der Waals surface area contributed by atoms with Gasteiger partial charge in [-0.1, -0.05) is 32.0 Å². The van der Waals surface area contributed by atoms with Gasteiger partial charge in [-0.25, -0.2) is 0 Å². The van der Waals surface area contributed by atoms with Crippen LogP contribution in [0.3, 0.4) is 0 Å². The Morgan fingerprint density at radius 2 is 1.79 bits per heavy atom. The van der Waals surface area contributed by atoms with E-state index in [1.165, 1.54) is 4.90 Å². The van der Waals surface area contributed by atoms with Crippen LogP contribution in [0.1, 0.15) is 20.8 Å². The lowest BCUT2D eigenvalue weighted by Crippen LogP contribution is -2.47. The lowest BCUT2D eigenvalue weighted by molar-refractivity contribution is -0.127. The highest BCUT2D eigenvalue weighted by Gasteiger charge is 2.33. The summed E-state index contributed by atoms with van der Waals surface area (Å²) in [4.78, 5) is 38.5. The average Bonchev–Trinajstić information content (AvgIpc) is 2.66. The Hall–Kier alpha value is -3.35. The van der Waals surface area contributed by atoms with Crippen molar-refractivity contribution in [1.29, 1.82) is 0 Å². The number of carbonyl (C=O) groups excluding carboxylic acids is 3. The zero-order chi connectivity index (χ0) is 20.3. The highest BCUT2D eigenvalue weighted by atomic mass is 16.5. The fraction of sp³-hybridized carbons (Fsp3) is 0.286. The number of amides is 3. The first-order valence-corrected chi connectivity index (χ1v) is 9.13. The first kappa shape index (κ1) is 19.4. The summed E-state index contributed by atoms with van der Waals surface area (Å²) < 4.78 is 5.65. The molecule has 3 amide bonds. The molecular weight excluding hydrogens is 358 g/mol. The van der Waals surface area contributed by atoms with Gasteiger partial charge in [-0.3, -0.25) is 19.3 Å². The van der Waals surface area contributed by atoms with Crippen LogP contribution in [0.25, 0.3) is 0 Å². The van der Waals surface area contributed by atoms with E-state index in [2.05, 4.69) is 10.6 Å². The molecule has 0 aliphatic carbocycles. The van der Waals surface area contributed by atoms with E-state index in [9.17, 15) is 14.4 Å². The number of ether oxygens (including phenoxy) is 1. The standard InChI is InChI=1S/C21H23N3O4/c1-13(2)20(26)23-16-9-10-18-17(11-16)24(21(27)14(3)28-18)12-19(25)22-15-7-5-4-6-8-15/h4-11,13-14H,12H2,1-3H3,(H,22,25)(H,23,26). The second-order valence-electron chi connectivity index (χ2n) is 6.93. The summed E-state index contributed by atoms with van der Waals surface area (Å²) in [5.74, 6) is -0.465. The second kappa shape index (κ2) is 8.12. The Morgan fingerprint density at radius 1 is 1.07 bits per heavy atom. The van der Waals surface area contributed by atoms with Crippen LogP contribution in [0.5, 0.6) is 5.75 Å². The summed E-state index contributed by atoms with van der Waals surface area (Å²) in [7, 11) is 0. The van der Waals surface area contributed by atoms with Crippen LogP contribution in [0, 0.1) is 5.92 Å². The molecule has 3 rings (SSSR count). The van der Waals surface area contributed by atoms with E-state index in [1.807, 2.05) is 18.2 Å². The number of nitrogens with one attached hydrogen (secondary N) is 2. The van der Waals surface area contributed by atoms with E-state index in [0.717, 1.165) is 0 Å². The number of rotatable bonds is 5. The summed E-state index contributed by atoms with van der Waals surface area (Å²) >= 11 is 0. The zero-order valence-electron chi connectivity index (χ0n) is 16.1. The number of nitrogens with zero attached hydrogens (tertiary/aromatic N) is 1. The first-order chi connectivity index (χ1) is 13.3. The molecule has 0 bridgehead atoms. The van der Waals surface area contributed by atoms with Crippen molar-refractivity contribution in [2.24, 2.45) is 5.92 Å². The van der Waals surface area contributed by atoms with Gasteiger partial charge in [0.05, 0.1) is 5.69 Å². The zero-order valence-corrected chi connectivity index (χ0v) is 16.1.